The van der Waals surface area contributed by atoms with E-state index < -0.39 is 6.10 Å². The molecule has 1 N–H and O–H groups in total. The van der Waals surface area contributed by atoms with Crippen LogP contribution in [0.5, 0.6) is 5.75 Å². The number of aryl methyl sites for hydroxylation is 1. The van der Waals surface area contributed by atoms with Crippen molar-refractivity contribution in [2.45, 2.75) is 46.1 Å². The maximum absolute atomic E-state index is 12.8. The Morgan fingerprint density at radius 1 is 1.24 bits per heavy atom. The van der Waals surface area contributed by atoms with E-state index in [1.54, 1.807) is 37.9 Å². The summed E-state index contributed by atoms with van der Waals surface area (Å²) in [6.45, 7) is 6.59. The Bertz CT molecular complexity index is 973. The van der Waals surface area contributed by atoms with Gasteiger partial charge in [0.1, 0.15) is 11.3 Å². The molecule has 1 aromatic carbocycles. The number of benzene rings is 1. The zero-order valence-electron chi connectivity index (χ0n) is 17.4. The van der Waals surface area contributed by atoms with Gasteiger partial charge in [0.05, 0.1) is 0 Å². The minimum Gasteiger partial charge on any atom is -0.481 e. The van der Waals surface area contributed by atoms with Crippen molar-refractivity contribution in [1.82, 2.24) is 10.2 Å². The third-order valence-corrected chi connectivity index (χ3v) is 5.77. The zero-order chi connectivity index (χ0) is 21.1. The minimum absolute atomic E-state index is 0.0415. The molecule has 29 heavy (non-hydrogen) atoms. The molecule has 7 heteroatoms. The Morgan fingerprint density at radius 3 is 2.59 bits per heavy atom. The molecule has 0 radical (unpaired) electrons. The van der Waals surface area contributed by atoms with E-state index in [0.29, 0.717) is 42.3 Å². The summed E-state index contributed by atoms with van der Waals surface area (Å²) in [7, 11) is 1.64. The summed E-state index contributed by atoms with van der Waals surface area (Å²) in [6, 6.07) is 5.29. The fraction of sp³-hybridized carbons (Fsp3) is 0.500. The van der Waals surface area contributed by atoms with E-state index in [1.807, 2.05) is 13.0 Å². The van der Waals surface area contributed by atoms with E-state index in [1.165, 1.54) is 0 Å². The average molecular weight is 400 g/mol. The third kappa shape index (κ3) is 4.60. The number of nitrogens with zero attached hydrogens (tertiary/aromatic N) is 1. The Hall–Kier alpha value is -2.83. The van der Waals surface area contributed by atoms with Gasteiger partial charge in [0.15, 0.2) is 6.10 Å². The molecule has 0 saturated carbocycles. The molecule has 1 saturated heterocycles. The first-order valence-electron chi connectivity index (χ1n) is 10.00. The van der Waals surface area contributed by atoms with Gasteiger partial charge in [-0.15, -0.1) is 0 Å². The van der Waals surface area contributed by atoms with Gasteiger partial charge in [-0.3, -0.25) is 9.59 Å². The average Bonchev–Trinajstić information content (AvgIpc) is 2.72. The van der Waals surface area contributed by atoms with Crippen LogP contribution in [0.1, 0.15) is 37.3 Å². The number of hydrogen-bond acceptors (Lipinski definition) is 5. The van der Waals surface area contributed by atoms with Crippen LogP contribution in [0.15, 0.2) is 27.4 Å². The van der Waals surface area contributed by atoms with Crippen molar-refractivity contribution in [3.8, 4) is 5.75 Å². The van der Waals surface area contributed by atoms with Crippen LogP contribution in [0.4, 0.5) is 0 Å². The highest BCUT2D eigenvalue weighted by Crippen LogP contribution is 2.25. The molecule has 3 rings (SSSR count). The maximum Gasteiger partial charge on any atom is 0.339 e. The van der Waals surface area contributed by atoms with Gasteiger partial charge in [-0.05, 0) is 57.2 Å². The number of fused-ring (bicyclic) bond motifs is 1. The van der Waals surface area contributed by atoms with Gasteiger partial charge in [-0.25, -0.2) is 4.79 Å². The highest BCUT2D eigenvalue weighted by Gasteiger charge is 2.28. The lowest BCUT2D eigenvalue weighted by Crippen LogP contribution is -2.45. The second-order valence-electron chi connectivity index (χ2n) is 7.70. The summed E-state index contributed by atoms with van der Waals surface area (Å²) in [4.78, 5) is 38.0. The van der Waals surface area contributed by atoms with Gasteiger partial charge >= 0.3 is 5.63 Å². The number of amides is 2. The van der Waals surface area contributed by atoms with Crippen molar-refractivity contribution < 1.29 is 18.7 Å². The van der Waals surface area contributed by atoms with Crippen molar-refractivity contribution in [2.24, 2.45) is 5.92 Å². The van der Waals surface area contributed by atoms with Crippen LogP contribution in [0.2, 0.25) is 0 Å². The summed E-state index contributed by atoms with van der Waals surface area (Å²) in [5.41, 5.74) is 1.56. The number of ether oxygens (including phenoxy) is 1. The molecular formula is C22H28N2O5. The van der Waals surface area contributed by atoms with Crippen molar-refractivity contribution in [2.75, 3.05) is 20.1 Å². The summed E-state index contributed by atoms with van der Waals surface area (Å²) in [5, 5.41) is 3.50. The van der Waals surface area contributed by atoms with Gasteiger partial charge < -0.3 is 19.4 Å². The van der Waals surface area contributed by atoms with Crippen LogP contribution in [-0.4, -0.2) is 43.0 Å². The van der Waals surface area contributed by atoms with E-state index in [4.69, 9.17) is 9.15 Å². The van der Waals surface area contributed by atoms with E-state index in [-0.39, 0.29) is 17.4 Å². The van der Waals surface area contributed by atoms with E-state index in [0.717, 1.165) is 23.8 Å². The molecule has 156 valence electrons. The second-order valence-corrected chi connectivity index (χ2v) is 7.70. The van der Waals surface area contributed by atoms with Crippen LogP contribution in [0, 0.1) is 19.8 Å². The lowest BCUT2D eigenvalue weighted by atomic mass is 9.93. The largest absolute Gasteiger partial charge is 0.481 e. The van der Waals surface area contributed by atoms with Crippen molar-refractivity contribution in [3.05, 3.63) is 39.7 Å². The molecule has 1 aliphatic heterocycles. The molecule has 1 atom stereocenters. The first kappa shape index (κ1) is 20.9. The molecule has 2 amide bonds. The normalized spacial score (nSPS) is 15.9. The van der Waals surface area contributed by atoms with Crippen molar-refractivity contribution in [3.63, 3.8) is 0 Å². The molecule has 2 aromatic rings. The lowest BCUT2D eigenvalue weighted by Gasteiger charge is -2.33. The zero-order valence-corrected chi connectivity index (χ0v) is 17.4. The number of piperidine rings is 1. The molecule has 0 spiro atoms. The predicted molar refractivity (Wildman–Crippen MR) is 110 cm³/mol. The number of hydrogen-bond donors (Lipinski definition) is 1. The fourth-order valence-electron chi connectivity index (χ4n) is 3.74. The van der Waals surface area contributed by atoms with Gasteiger partial charge in [0.25, 0.3) is 5.91 Å². The molecule has 1 fully saturated rings. The minimum atomic E-state index is -0.652. The Balaban J connectivity index is 1.63. The molecule has 1 aromatic heterocycles. The standard InChI is InChI=1S/C22H28N2O5/c1-13-14(2)22(27)29-19-12-17(5-6-18(13)19)28-15(3)21(26)24-9-7-16(8-10-24)11-20(25)23-4/h5-6,12,15-16H,7-11H2,1-4H3,(H,23,25). The van der Waals surface area contributed by atoms with E-state index in [2.05, 4.69) is 5.32 Å². The Kier molecular flexibility index (Phi) is 6.25. The van der Waals surface area contributed by atoms with Crippen molar-refractivity contribution >= 4 is 22.8 Å². The SMILES string of the molecule is CNC(=O)CC1CCN(C(=O)C(C)Oc2ccc3c(C)c(C)c(=O)oc3c2)CC1. The highest BCUT2D eigenvalue weighted by atomic mass is 16.5. The van der Waals surface area contributed by atoms with E-state index >= 15 is 0 Å². The quantitative estimate of drug-likeness (QED) is 0.779. The van der Waals surface area contributed by atoms with Gasteiger partial charge in [0.2, 0.25) is 5.91 Å². The van der Waals surface area contributed by atoms with Crippen LogP contribution < -0.4 is 15.7 Å². The number of nitrogens with one attached hydrogen (secondary N) is 1. The van der Waals surface area contributed by atoms with Crippen LogP contribution in [0.25, 0.3) is 11.0 Å². The van der Waals surface area contributed by atoms with Gasteiger partial charge in [-0.1, -0.05) is 0 Å². The molecule has 1 unspecified atom stereocenters. The second kappa shape index (κ2) is 8.68. The molecule has 7 nitrogen and oxygen atoms in total. The number of carbonyl (C=O) groups is 2. The Morgan fingerprint density at radius 2 is 1.93 bits per heavy atom. The number of carbonyl (C=O) groups excluding carboxylic acids is 2. The third-order valence-electron chi connectivity index (χ3n) is 5.77. The molecule has 2 heterocycles. The molecule has 1 aliphatic rings. The number of likely N-dealkylation sites (tertiary alicyclic amines) is 1. The summed E-state index contributed by atoms with van der Waals surface area (Å²) < 4.78 is 11.2. The van der Waals surface area contributed by atoms with Crippen LogP contribution in [0.3, 0.4) is 0 Å². The fourth-order valence-corrected chi connectivity index (χ4v) is 3.74. The highest BCUT2D eigenvalue weighted by molar-refractivity contribution is 5.83. The summed E-state index contributed by atoms with van der Waals surface area (Å²) in [5.74, 6) is 0.759. The first-order valence-corrected chi connectivity index (χ1v) is 10.00. The summed E-state index contributed by atoms with van der Waals surface area (Å²) in [6.07, 6.45) is 1.48. The smallest absolute Gasteiger partial charge is 0.339 e. The lowest BCUT2D eigenvalue weighted by molar-refractivity contribution is -0.139. The first-order chi connectivity index (χ1) is 13.8. The predicted octanol–water partition coefficient (Wildman–Crippen LogP) is 2.55. The summed E-state index contributed by atoms with van der Waals surface area (Å²) >= 11 is 0. The van der Waals surface area contributed by atoms with E-state index in [9.17, 15) is 14.4 Å². The topological polar surface area (TPSA) is 88.9 Å². The van der Waals surface area contributed by atoms with Crippen molar-refractivity contribution in [1.29, 1.82) is 0 Å². The van der Waals surface area contributed by atoms with Gasteiger partial charge in [0, 0.05) is 43.6 Å². The monoisotopic (exact) mass is 400 g/mol. The number of rotatable bonds is 5. The molecular weight excluding hydrogens is 372 g/mol. The van der Waals surface area contributed by atoms with Crippen LogP contribution in [-0.2, 0) is 9.59 Å². The van der Waals surface area contributed by atoms with Gasteiger partial charge in [-0.2, -0.15) is 0 Å². The molecule has 0 aliphatic carbocycles. The molecule has 0 bridgehead atoms. The maximum atomic E-state index is 12.8. The van der Waals surface area contributed by atoms with Crippen LogP contribution >= 0.6 is 0 Å². The Labute approximate surface area is 170 Å².